The lowest BCUT2D eigenvalue weighted by Gasteiger charge is -2.27. The highest BCUT2D eigenvalue weighted by Crippen LogP contribution is 2.51. The number of benzene rings is 1. The molecule has 0 unspecified atom stereocenters. The zero-order chi connectivity index (χ0) is 21.3. The van der Waals surface area contributed by atoms with Gasteiger partial charge in [-0.2, -0.15) is 5.10 Å². The van der Waals surface area contributed by atoms with E-state index in [1.165, 1.54) is 0 Å². The van der Waals surface area contributed by atoms with Crippen molar-refractivity contribution in [2.24, 2.45) is 0 Å². The van der Waals surface area contributed by atoms with Crippen LogP contribution in [-0.2, 0) is 10.0 Å². The molecule has 2 heterocycles. The number of fused-ring (bicyclic) bond motifs is 3. The summed E-state index contributed by atoms with van der Waals surface area (Å²) in [4.78, 5) is 8.61. The van der Waals surface area contributed by atoms with Crippen LogP contribution in [0.3, 0.4) is 0 Å². The minimum absolute atomic E-state index is 0.175. The number of aliphatic hydroxyl groups is 1. The van der Waals surface area contributed by atoms with Crippen LogP contribution < -0.4 is 10.5 Å². The van der Waals surface area contributed by atoms with Crippen molar-refractivity contribution in [3.8, 4) is 11.3 Å². The summed E-state index contributed by atoms with van der Waals surface area (Å²) in [6.07, 6.45) is 4.68. The van der Waals surface area contributed by atoms with Gasteiger partial charge in [0, 0.05) is 11.1 Å². The van der Waals surface area contributed by atoms with Crippen molar-refractivity contribution in [1.29, 1.82) is 0 Å². The Bertz CT molecular complexity index is 1280. The molecular formula is C20H24N6O3S. The molecule has 3 aromatic rings. The highest BCUT2D eigenvalue weighted by Gasteiger charge is 2.55. The van der Waals surface area contributed by atoms with Crippen molar-refractivity contribution in [2.45, 2.75) is 62.0 Å². The van der Waals surface area contributed by atoms with Gasteiger partial charge >= 0.3 is 0 Å². The molecule has 5 rings (SSSR count). The third kappa shape index (κ3) is 2.98. The Balaban J connectivity index is 1.56. The molecule has 0 amide bonds. The first-order valence-electron chi connectivity index (χ1n) is 9.95. The van der Waals surface area contributed by atoms with Crippen LogP contribution in [0.5, 0.6) is 0 Å². The fourth-order valence-electron chi connectivity index (χ4n) is 4.90. The molecule has 0 saturated heterocycles. The van der Waals surface area contributed by atoms with Gasteiger partial charge in [0.2, 0.25) is 10.0 Å². The molecule has 2 aliphatic carbocycles. The highest BCUT2D eigenvalue weighted by atomic mass is 32.2. The largest absolute Gasteiger partial charge is 0.390 e. The maximum atomic E-state index is 13.2. The number of aromatic nitrogens is 4. The molecule has 1 aromatic carbocycles. The number of rotatable bonds is 4. The van der Waals surface area contributed by atoms with E-state index in [0.29, 0.717) is 54.8 Å². The lowest BCUT2D eigenvalue weighted by molar-refractivity contribution is 0.0521. The van der Waals surface area contributed by atoms with Crippen molar-refractivity contribution in [1.82, 2.24) is 24.3 Å². The number of imidazole rings is 1. The summed E-state index contributed by atoms with van der Waals surface area (Å²) in [5, 5.41) is 14.9. The van der Waals surface area contributed by atoms with Gasteiger partial charge < -0.3 is 10.8 Å². The van der Waals surface area contributed by atoms with E-state index < -0.39 is 21.2 Å². The van der Waals surface area contributed by atoms with Crippen molar-refractivity contribution in [2.75, 3.05) is 5.73 Å². The van der Waals surface area contributed by atoms with E-state index in [1.54, 1.807) is 35.8 Å². The molecule has 158 valence electrons. The van der Waals surface area contributed by atoms with Crippen molar-refractivity contribution in [3.63, 3.8) is 0 Å². The zero-order valence-corrected chi connectivity index (χ0v) is 17.7. The average molecular weight is 429 g/mol. The van der Waals surface area contributed by atoms with Crippen LogP contribution in [0, 0.1) is 13.8 Å². The van der Waals surface area contributed by atoms with E-state index >= 15 is 0 Å². The SMILES string of the molecule is Cc1nc(N)c2ncc(-c3cc(S(=O)(=O)NC45CCC(O)(CC4)C5)ccc3C)n2n1. The monoisotopic (exact) mass is 428 g/mol. The van der Waals surface area contributed by atoms with Crippen molar-refractivity contribution >= 4 is 21.5 Å². The Morgan fingerprint density at radius 2 is 1.93 bits per heavy atom. The molecule has 0 aliphatic heterocycles. The van der Waals surface area contributed by atoms with E-state index in [4.69, 9.17) is 5.73 Å². The fourth-order valence-corrected chi connectivity index (χ4v) is 6.38. The van der Waals surface area contributed by atoms with E-state index in [9.17, 15) is 13.5 Å². The van der Waals surface area contributed by atoms with Crippen LogP contribution in [0.4, 0.5) is 5.82 Å². The zero-order valence-electron chi connectivity index (χ0n) is 16.9. The summed E-state index contributed by atoms with van der Waals surface area (Å²) < 4.78 is 30.9. The summed E-state index contributed by atoms with van der Waals surface area (Å²) in [5.41, 5.74) is 7.34. The summed E-state index contributed by atoms with van der Waals surface area (Å²) in [5.74, 6) is 0.766. The van der Waals surface area contributed by atoms with Crippen LogP contribution in [0.25, 0.3) is 16.9 Å². The van der Waals surface area contributed by atoms with Gasteiger partial charge in [-0.1, -0.05) is 6.07 Å². The molecule has 9 nitrogen and oxygen atoms in total. The molecule has 0 atom stereocenters. The van der Waals surface area contributed by atoms with Crippen molar-refractivity contribution < 1.29 is 13.5 Å². The summed E-state index contributed by atoms with van der Waals surface area (Å²) in [7, 11) is -3.76. The highest BCUT2D eigenvalue weighted by molar-refractivity contribution is 7.89. The van der Waals surface area contributed by atoms with Crippen LogP contribution in [0.1, 0.15) is 43.5 Å². The Hall–Kier alpha value is -2.56. The van der Waals surface area contributed by atoms with Gasteiger partial charge in [0.1, 0.15) is 5.82 Å². The number of aryl methyl sites for hydroxylation is 2. The topological polar surface area (TPSA) is 136 Å². The van der Waals surface area contributed by atoms with E-state index in [0.717, 1.165) is 5.56 Å². The number of anilines is 1. The number of sulfonamides is 1. The number of nitrogen functional groups attached to an aromatic ring is 1. The number of nitrogens with zero attached hydrogens (tertiary/aromatic N) is 4. The Labute approximate surface area is 174 Å². The predicted octanol–water partition coefficient (Wildman–Crippen LogP) is 1.72. The maximum Gasteiger partial charge on any atom is 0.241 e. The van der Waals surface area contributed by atoms with Crippen LogP contribution in [0.2, 0.25) is 0 Å². The lowest BCUT2D eigenvalue weighted by atomic mass is 9.94. The van der Waals surface area contributed by atoms with Gasteiger partial charge in [0.25, 0.3) is 0 Å². The fraction of sp³-hybridized carbons (Fsp3) is 0.450. The molecule has 2 saturated carbocycles. The molecule has 2 fully saturated rings. The third-order valence-electron chi connectivity index (χ3n) is 6.45. The predicted molar refractivity (Wildman–Crippen MR) is 111 cm³/mol. The lowest BCUT2D eigenvalue weighted by Crippen LogP contribution is -2.44. The van der Waals surface area contributed by atoms with E-state index in [2.05, 4.69) is 19.8 Å². The number of nitrogens with one attached hydrogen (secondary N) is 1. The first kappa shape index (κ1) is 19.4. The first-order valence-corrected chi connectivity index (χ1v) is 11.4. The van der Waals surface area contributed by atoms with Gasteiger partial charge in [-0.3, -0.25) is 0 Å². The van der Waals surface area contributed by atoms with Crippen molar-refractivity contribution in [3.05, 3.63) is 35.8 Å². The smallest absolute Gasteiger partial charge is 0.241 e. The molecule has 0 spiro atoms. The molecule has 10 heteroatoms. The first-order chi connectivity index (χ1) is 14.1. The summed E-state index contributed by atoms with van der Waals surface area (Å²) >= 11 is 0. The second-order valence-electron chi connectivity index (χ2n) is 8.69. The van der Waals surface area contributed by atoms with Crippen LogP contribution in [0.15, 0.2) is 29.3 Å². The molecule has 2 bridgehead atoms. The van der Waals surface area contributed by atoms with Gasteiger partial charge in [-0.25, -0.2) is 27.6 Å². The van der Waals surface area contributed by atoms with Crippen LogP contribution >= 0.6 is 0 Å². The number of nitrogens with two attached hydrogens (primary N) is 1. The maximum absolute atomic E-state index is 13.2. The minimum Gasteiger partial charge on any atom is -0.390 e. The number of hydrogen-bond acceptors (Lipinski definition) is 7. The van der Waals surface area contributed by atoms with E-state index in [1.807, 2.05) is 6.92 Å². The van der Waals surface area contributed by atoms with Crippen LogP contribution in [-0.4, -0.2) is 44.2 Å². The Morgan fingerprint density at radius 3 is 2.60 bits per heavy atom. The molecular weight excluding hydrogens is 404 g/mol. The second-order valence-corrected chi connectivity index (χ2v) is 10.4. The van der Waals surface area contributed by atoms with Gasteiger partial charge in [0.05, 0.1) is 22.4 Å². The standard InChI is InChI=1S/C20H24N6O3S/c1-12-3-4-14(30(28,29)25-19-5-7-20(27,11-19)8-6-19)9-15(12)16-10-22-18-17(21)23-13(2)24-26(16)18/h3-4,9-10,25,27H,5-8,11H2,1-2H3,(H2,21,23,24). The summed E-state index contributed by atoms with van der Waals surface area (Å²) in [6.45, 7) is 3.64. The normalized spacial score (nSPS) is 26.0. The molecule has 30 heavy (non-hydrogen) atoms. The quantitative estimate of drug-likeness (QED) is 0.576. The molecule has 2 aliphatic rings. The van der Waals surface area contributed by atoms with Gasteiger partial charge in [0.15, 0.2) is 11.5 Å². The average Bonchev–Trinajstić information content (AvgIpc) is 3.32. The Kier molecular flexibility index (Phi) is 4.03. The van der Waals surface area contributed by atoms with Gasteiger partial charge in [-0.15, -0.1) is 0 Å². The van der Waals surface area contributed by atoms with E-state index in [-0.39, 0.29) is 10.7 Å². The minimum atomic E-state index is -3.76. The third-order valence-corrected chi connectivity index (χ3v) is 8.02. The second kappa shape index (κ2) is 6.22. The Morgan fingerprint density at radius 1 is 1.20 bits per heavy atom. The molecule has 2 aromatic heterocycles. The number of hydrogen-bond donors (Lipinski definition) is 3. The molecule has 4 N–H and O–H groups in total. The summed E-state index contributed by atoms with van der Waals surface area (Å²) in [6, 6.07) is 5.02. The molecule has 0 radical (unpaired) electrons. The van der Waals surface area contributed by atoms with Gasteiger partial charge in [-0.05, 0) is 63.6 Å².